The predicted octanol–water partition coefficient (Wildman–Crippen LogP) is 0.660. The van der Waals surface area contributed by atoms with Crippen LogP contribution in [0.1, 0.15) is 5.56 Å². The molecule has 1 aliphatic heterocycles. The third-order valence-electron chi connectivity index (χ3n) is 3.11. The standard InChI is InChI=1S/C13H17FO4/c1-17-13-11(16)10(14)12(18-13)9(15)7-8-5-3-2-4-6-8/h2-6,9-13,15-16H,7H2,1H3/t9?,10-,11+,12+,13-/m0/s1. The number of benzene rings is 1. The van der Waals surface area contributed by atoms with Gasteiger partial charge in [-0.3, -0.25) is 0 Å². The van der Waals surface area contributed by atoms with Gasteiger partial charge in [-0.1, -0.05) is 30.3 Å². The molecule has 100 valence electrons. The van der Waals surface area contributed by atoms with Crippen molar-refractivity contribution in [2.75, 3.05) is 7.11 Å². The van der Waals surface area contributed by atoms with Crippen LogP contribution in [0.4, 0.5) is 4.39 Å². The van der Waals surface area contributed by atoms with E-state index >= 15 is 0 Å². The van der Waals surface area contributed by atoms with Gasteiger partial charge < -0.3 is 19.7 Å². The molecule has 18 heavy (non-hydrogen) atoms. The van der Waals surface area contributed by atoms with E-state index in [-0.39, 0.29) is 6.42 Å². The number of ether oxygens (including phenoxy) is 2. The lowest BCUT2D eigenvalue weighted by atomic mass is 10.0. The van der Waals surface area contributed by atoms with Crippen molar-refractivity contribution in [3.8, 4) is 0 Å². The van der Waals surface area contributed by atoms with Gasteiger partial charge in [0.25, 0.3) is 0 Å². The molecule has 0 bridgehead atoms. The lowest BCUT2D eigenvalue weighted by Crippen LogP contribution is -2.37. The molecule has 5 heteroatoms. The van der Waals surface area contributed by atoms with Gasteiger partial charge in [0.05, 0.1) is 6.10 Å². The molecule has 2 rings (SSSR count). The smallest absolute Gasteiger partial charge is 0.186 e. The number of aliphatic hydroxyl groups is 2. The van der Waals surface area contributed by atoms with Crippen LogP contribution in [0.25, 0.3) is 0 Å². The lowest BCUT2D eigenvalue weighted by molar-refractivity contribution is -0.163. The zero-order valence-corrected chi connectivity index (χ0v) is 10.1. The monoisotopic (exact) mass is 256 g/mol. The highest BCUT2D eigenvalue weighted by Gasteiger charge is 2.47. The Morgan fingerprint density at radius 1 is 1.39 bits per heavy atom. The van der Waals surface area contributed by atoms with Gasteiger partial charge in [0.1, 0.15) is 12.2 Å². The first-order valence-corrected chi connectivity index (χ1v) is 5.86. The Morgan fingerprint density at radius 2 is 2.06 bits per heavy atom. The topological polar surface area (TPSA) is 58.9 Å². The van der Waals surface area contributed by atoms with E-state index in [1.54, 1.807) is 0 Å². The van der Waals surface area contributed by atoms with Gasteiger partial charge in [0.15, 0.2) is 12.5 Å². The summed E-state index contributed by atoms with van der Waals surface area (Å²) in [7, 11) is 1.33. The number of aliphatic hydroxyl groups excluding tert-OH is 2. The zero-order chi connectivity index (χ0) is 13.1. The second kappa shape index (κ2) is 5.75. The Hall–Kier alpha value is -1.01. The van der Waals surface area contributed by atoms with Crippen molar-refractivity contribution in [1.82, 2.24) is 0 Å². The van der Waals surface area contributed by atoms with E-state index in [1.165, 1.54) is 7.11 Å². The molecule has 0 aliphatic carbocycles. The molecule has 1 unspecified atom stereocenters. The molecule has 1 aromatic carbocycles. The lowest BCUT2D eigenvalue weighted by Gasteiger charge is -2.19. The molecule has 1 fully saturated rings. The van der Waals surface area contributed by atoms with E-state index in [9.17, 15) is 14.6 Å². The van der Waals surface area contributed by atoms with E-state index in [4.69, 9.17) is 9.47 Å². The molecule has 1 aromatic rings. The van der Waals surface area contributed by atoms with Crippen molar-refractivity contribution in [2.45, 2.75) is 37.2 Å². The summed E-state index contributed by atoms with van der Waals surface area (Å²) >= 11 is 0. The van der Waals surface area contributed by atoms with E-state index in [0.29, 0.717) is 0 Å². The molecule has 0 radical (unpaired) electrons. The summed E-state index contributed by atoms with van der Waals surface area (Å²) in [6.07, 6.45) is -5.83. The van der Waals surface area contributed by atoms with E-state index in [0.717, 1.165) is 5.56 Å². The minimum absolute atomic E-state index is 0.273. The molecule has 1 saturated heterocycles. The maximum Gasteiger partial charge on any atom is 0.186 e. The molecule has 0 spiro atoms. The summed E-state index contributed by atoms with van der Waals surface area (Å²) in [6.45, 7) is 0. The number of methoxy groups -OCH3 is 1. The summed E-state index contributed by atoms with van der Waals surface area (Å²) in [5.41, 5.74) is 0.885. The van der Waals surface area contributed by atoms with Gasteiger partial charge in [-0.2, -0.15) is 0 Å². The van der Waals surface area contributed by atoms with Crippen molar-refractivity contribution in [3.05, 3.63) is 35.9 Å². The zero-order valence-electron chi connectivity index (χ0n) is 10.1. The van der Waals surface area contributed by atoms with Crippen molar-refractivity contribution in [1.29, 1.82) is 0 Å². The minimum Gasteiger partial charge on any atom is -0.390 e. The molecule has 0 amide bonds. The van der Waals surface area contributed by atoms with Gasteiger partial charge in [0, 0.05) is 13.5 Å². The Kier molecular flexibility index (Phi) is 4.29. The van der Waals surface area contributed by atoms with Gasteiger partial charge in [-0.05, 0) is 5.56 Å². The van der Waals surface area contributed by atoms with Crippen LogP contribution in [-0.4, -0.2) is 48.1 Å². The molecular formula is C13H17FO4. The fraction of sp³-hybridized carbons (Fsp3) is 0.538. The van der Waals surface area contributed by atoms with Crippen LogP contribution >= 0.6 is 0 Å². The predicted molar refractivity (Wildman–Crippen MR) is 62.7 cm³/mol. The van der Waals surface area contributed by atoms with Crippen LogP contribution < -0.4 is 0 Å². The minimum atomic E-state index is -1.64. The Morgan fingerprint density at radius 3 is 2.61 bits per heavy atom. The third kappa shape index (κ3) is 2.70. The highest BCUT2D eigenvalue weighted by Crippen LogP contribution is 2.27. The first-order chi connectivity index (χ1) is 8.63. The summed E-state index contributed by atoms with van der Waals surface area (Å²) in [6, 6.07) is 9.24. The molecule has 5 atom stereocenters. The summed E-state index contributed by atoms with van der Waals surface area (Å²) in [5, 5.41) is 19.5. The van der Waals surface area contributed by atoms with E-state index in [2.05, 4.69) is 0 Å². The third-order valence-corrected chi connectivity index (χ3v) is 3.11. The second-order valence-electron chi connectivity index (χ2n) is 4.40. The van der Waals surface area contributed by atoms with Crippen LogP contribution in [0, 0.1) is 0 Å². The Labute approximate surface area is 105 Å². The maximum absolute atomic E-state index is 13.8. The number of halogens is 1. The van der Waals surface area contributed by atoms with Crippen molar-refractivity contribution in [3.63, 3.8) is 0 Å². The summed E-state index contributed by atoms with van der Waals surface area (Å²) in [5.74, 6) is 0. The van der Waals surface area contributed by atoms with Gasteiger partial charge in [-0.25, -0.2) is 4.39 Å². The SMILES string of the molecule is CO[C@H]1O[C@H](C(O)Cc2ccccc2)[C@@H](F)[C@H]1O. The molecule has 2 N–H and O–H groups in total. The van der Waals surface area contributed by atoms with Crippen LogP contribution in [0.15, 0.2) is 30.3 Å². The quantitative estimate of drug-likeness (QED) is 0.831. The van der Waals surface area contributed by atoms with Gasteiger partial charge in [0.2, 0.25) is 0 Å². The first-order valence-electron chi connectivity index (χ1n) is 5.86. The Bertz CT molecular complexity index is 373. The molecule has 4 nitrogen and oxygen atoms in total. The van der Waals surface area contributed by atoms with Crippen molar-refractivity contribution < 1.29 is 24.1 Å². The highest BCUT2D eigenvalue weighted by atomic mass is 19.1. The van der Waals surface area contributed by atoms with Crippen LogP contribution in [0.3, 0.4) is 0 Å². The summed E-state index contributed by atoms with van der Waals surface area (Å²) < 4.78 is 23.7. The molecule has 1 aliphatic rings. The van der Waals surface area contributed by atoms with Gasteiger partial charge >= 0.3 is 0 Å². The average Bonchev–Trinajstić information content (AvgIpc) is 2.67. The van der Waals surface area contributed by atoms with E-state index < -0.39 is 30.8 Å². The van der Waals surface area contributed by atoms with Crippen molar-refractivity contribution >= 4 is 0 Å². The number of hydrogen-bond donors (Lipinski definition) is 2. The molecule has 0 aromatic heterocycles. The fourth-order valence-corrected chi connectivity index (χ4v) is 2.12. The van der Waals surface area contributed by atoms with E-state index in [1.807, 2.05) is 30.3 Å². The highest BCUT2D eigenvalue weighted by molar-refractivity contribution is 5.16. The fourth-order valence-electron chi connectivity index (χ4n) is 2.12. The maximum atomic E-state index is 13.8. The molecular weight excluding hydrogens is 239 g/mol. The first kappa shape index (κ1) is 13.4. The summed E-state index contributed by atoms with van der Waals surface area (Å²) in [4.78, 5) is 0. The van der Waals surface area contributed by atoms with Crippen molar-refractivity contribution in [2.24, 2.45) is 0 Å². The second-order valence-corrected chi connectivity index (χ2v) is 4.40. The average molecular weight is 256 g/mol. The number of alkyl halides is 1. The molecule has 1 heterocycles. The number of hydrogen-bond acceptors (Lipinski definition) is 4. The number of rotatable bonds is 4. The van der Waals surface area contributed by atoms with Crippen LogP contribution in [0.5, 0.6) is 0 Å². The normalized spacial score (nSPS) is 33.6. The molecule has 0 saturated carbocycles. The van der Waals surface area contributed by atoms with Crippen LogP contribution in [-0.2, 0) is 15.9 Å². The Balaban J connectivity index is 1.99. The van der Waals surface area contributed by atoms with Gasteiger partial charge in [-0.15, -0.1) is 0 Å². The largest absolute Gasteiger partial charge is 0.390 e. The van der Waals surface area contributed by atoms with Crippen LogP contribution in [0.2, 0.25) is 0 Å².